The first-order valence-electron chi connectivity index (χ1n) is 13.0. The normalized spacial score (nSPS) is 20.1. The molecule has 1 aromatic carbocycles. The van der Waals surface area contributed by atoms with Gasteiger partial charge in [-0.2, -0.15) is 0 Å². The number of rotatable bonds is 3. The van der Waals surface area contributed by atoms with Gasteiger partial charge in [-0.25, -0.2) is 9.57 Å². The molecule has 33 heavy (non-hydrogen) atoms. The van der Waals surface area contributed by atoms with Crippen LogP contribution in [0.5, 0.6) is 0 Å². The van der Waals surface area contributed by atoms with Gasteiger partial charge in [0.2, 0.25) is 0 Å². The first-order chi connectivity index (χ1) is 15.5. The van der Waals surface area contributed by atoms with Crippen molar-refractivity contribution in [3.8, 4) is 0 Å². The average molecular weight is 463 g/mol. The Morgan fingerprint density at radius 3 is 2.12 bits per heavy atom. The molecular formula is C29H44N3Si+. The van der Waals surface area contributed by atoms with E-state index in [-0.39, 0.29) is 10.1 Å². The highest BCUT2D eigenvalue weighted by atomic mass is 28.3. The monoisotopic (exact) mass is 462 g/mol. The Morgan fingerprint density at radius 1 is 0.909 bits per heavy atom. The second-order valence-electron chi connectivity index (χ2n) is 12.0. The van der Waals surface area contributed by atoms with Gasteiger partial charge < -0.3 is 4.90 Å². The third-order valence-electron chi connectivity index (χ3n) is 8.11. The molecule has 0 N–H and O–H groups in total. The minimum Gasteiger partial charge on any atom is -0.372 e. The van der Waals surface area contributed by atoms with E-state index in [0.29, 0.717) is 0 Å². The first-order valence-corrected chi connectivity index (χ1v) is 15.0. The van der Waals surface area contributed by atoms with Gasteiger partial charge in [0.05, 0.1) is 11.4 Å². The molecule has 4 rings (SSSR count). The lowest BCUT2D eigenvalue weighted by Crippen LogP contribution is -2.66. The molecule has 0 radical (unpaired) electrons. The van der Waals surface area contributed by atoms with Crippen molar-refractivity contribution in [1.29, 1.82) is 0 Å². The van der Waals surface area contributed by atoms with Crippen LogP contribution in [0, 0.1) is 0 Å². The number of anilines is 1. The molecule has 3 aliphatic rings. The lowest BCUT2D eigenvalue weighted by molar-refractivity contribution is -0.535. The molecule has 0 amide bonds. The van der Waals surface area contributed by atoms with Gasteiger partial charge in [-0.3, -0.25) is 0 Å². The number of fused-ring (bicyclic) bond motifs is 2. The Labute approximate surface area is 203 Å². The molecule has 0 unspecified atom stereocenters. The Balaban J connectivity index is 2.04. The quantitative estimate of drug-likeness (QED) is 0.283. The number of benzene rings is 1. The number of nitrogens with zero attached hydrogens (tertiary/aromatic N) is 3. The van der Waals surface area contributed by atoms with Gasteiger partial charge in [0.1, 0.15) is 21.2 Å². The summed E-state index contributed by atoms with van der Waals surface area (Å²) >= 11 is 0. The Morgan fingerprint density at radius 2 is 1.55 bits per heavy atom. The molecule has 3 nitrogen and oxygen atoms in total. The number of allylic oxidation sites excluding steroid dienone is 4. The molecule has 0 spiro atoms. The summed E-state index contributed by atoms with van der Waals surface area (Å²) in [5.74, 6) is 0. The molecule has 4 heteroatoms. The van der Waals surface area contributed by atoms with Crippen molar-refractivity contribution in [2.45, 2.75) is 84.7 Å². The van der Waals surface area contributed by atoms with Crippen molar-refractivity contribution in [3.05, 3.63) is 41.6 Å². The van der Waals surface area contributed by atoms with Crippen LogP contribution in [0.1, 0.15) is 74.7 Å². The maximum Gasteiger partial charge on any atom is 0.199 e. The molecule has 0 saturated carbocycles. The van der Waals surface area contributed by atoms with Crippen LogP contribution in [0.4, 0.5) is 11.4 Å². The molecule has 0 bridgehead atoms. The maximum atomic E-state index is 5.27. The van der Waals surface area contributed by atoms with Crippen LogP contribution >= 0.6 is 0 Å². The molecule has 1 aromatic rings. The SMILES string of the molecule is CCN(CC)c1ccc2c(c1)[Si](C(C)(C)C)(C(C)(C)C)C1=CC(=[N+]3CCCCC3)C=CC1=N2. The third kappa shape index (κ3) is 3.88. The predicted octanol–water partition coefficient (Wildman–Crippen LogP) is 6.55. The fraction of sp³-hybridized carbons (Fsp3) is 0.586. The lowest BCUT2D eigenvalue weighted by Gasteiger charge is -2.55. The van der Waals surface area contributed by atoms with Crippen LogP contribution in [-0.2, 0) is 0 Å². The molecule has 1 aliphatic carbocycles. The van der Waals surface area contributed by atoms with Crippen LogP contribution < -0.4 is 10.1 Å². The molecule has 0 aromatic heterocycles. The minimum absolute atomic E-state index is 0.146. The summed E-state index contributed by atoms with van der Waals surface area (Å²) in [7, 11) is -2.27. The number of hydrogen-bond acceptors (Lipinski definition) is 2. The first kappa shape index (κ1) is 24.2. The van der Waals surface area contributed by atoms with Gasteiger partial charge in [-0.05, 0) is 65.0 Å². The van der Waals surface area contributed by atoms with Crippen LogP contribution in [0.2, 0.25) is 10.1 Å². The topological polar surface area (TPSA) is 18.6 Å². The van der Waals surface area contributed by atoms with Gasteiger partial charge in [0.25, 0.3) is 0 Å². The van der Waals surface area contributed by atoms with E-state index < -0.39 is 8.07 Å². The second kappa shape index (κ2) is 8.68. The van der Waals surface area contributed by atoms with Crippen LogP contribution in [0.3, 0.4) is 0 Å². The van der Waals surface area contributed by atoms with Crippen molar-refractivity contribution in [2.75, 3.05) is 31.1 Å². The summed E-state index contributed by atoms with van der Waals surface area (Å²) in [6.45, 7) is 23.9. The Kier molecular flexibility index (Phi) is 6.37. The molecule has 1 saturated heterocycles. The predicted molar refractivity (Wildman–Crippen MR) is 148 cm³/mol. The van der Waals surface area contributed by atoms with E-state index in [1.165, 1.54) is 65.5 Å². The van der Waals surface area contributed by atoms with E-state index in [2.05, 4.69) is 101 Å². The average Bonchev–Trinajstić information content (AvgIpc) is 2.76. The highest BCUT2D eigenvalue weighted by Crippen LogP contribution is 2.57. The van der Waals surface area contributed by atoms with E-state index in [9.17, 15) is 0 Å². The zero-order valence-corrected chi connectivity index (χ0v) is 23.3. The summed E-state index contributed by atoms with van der Waals surface area (Å²) in [6, 6.07) is 7.10. The molecule has 0 atom stereocenters. The summed E-state index contributed by atoms with van der Waals surface area (Å²) in [6.07, 6.45) is 11.2. The fourth-order valence-corrected chi connectivity index (χ4v) is 14.5. The molecular weight excluding hydrogens is 418 g/mol. The van der Waals surface area contributed by atoms with E-state index in [1.54, 1.807) is 0 Å². The Hall–Kier alpha value is -1.94. The zero-order valence-electron chi connectivity index (χ0n) is 22.3. The van der Waals surface area contributed by atoms with Gasteiger partial charge in [-0.1, -0.05) is 41.5 Å². The van der Waals surface area contributed by atoms with Crippen molar-refractivity contribution in [3.63, 3.8) is 0 Å². The molecule has 2 aliphatic heterocycles. The molecule has 1 fully saturated rings. The smallest absolute Gasteiger partial charge is 0.199 e. The van der Waals surface area contributed by atoms with Crippen molar-refractivity contribution >= 4 is 36.1 Å². The highest BCUT2D eigenvalue weighted by molar-refractivity contribution is 7.06. The van der Waals surface area contributed by atoms with Crippen LogP contribution in [-0.4, -0.2) is 50.3 Å². The van der Waals surface area contributed by atoms with Gasteiger partial charge in [-0.15, -0.1) is 0 Å². The summed E-state index contributed by atoms with van der Waals surface area (Å²) in [5, 5.41) is 3.35. The van der Waals surface area contributed by atoms with Gasteiger partial charge in [0.15, 0.2) is 5.71 Å². The fourth-order valence-electron chi connectivity index (χ4n) is 6.99. The van der Waals surface area contributed by atoms with Crippen molar-refractivity contribution < 1.29 is 4.58 Å². The number of hydrogen-bond donors (Lipinski definition) is 0. The van der Waals surface area contributed by atoms with Crippen molar-refractivity contribution in [2.24, 2.45) is 4.99 Å². The summed E-state index contributed by atoms with van der Waals surface area (Å²) < 4.78 is 2.61. The van der Waals surface area contributed by atoms with Crippen molar-refractivity contribution in [1.82, 2.24) is 0 Å². The maximum absolute atomic E-state index is 5.27. The zero-order chi connectivity index (χ0) is 24.0. The Bertz CT molecular complexity index is 1020. The number of aliphatic imine (C=N–C) groups is 1. The van der Waals surface area contributed by atoms with E-state index in [1.807, 2.05) is 0 Å². The van der Waals surface area contributed by atoms with Crippen LogP contribution in [0.15, 0.2) is 46.6 Å². The minimum atomic E-state index is -2.27. The summed E-state index contributed by atoms with van der Waals surface area (Å²) in [5.41, 5.74) is 5.14. The molecule has 2 heterocycles. The van der Waals surface area contributed by atoms with Gasteiger partial charge in [0, 0.05) is 43.8 Å². The number of piperidine rings is 1. The van der Waals surface area contributed by atoms with Gasteiger partial charge >= 0.3 is 0 Å². The standard InChI is InChI=1S/C29H44N3Si/c1-9-31(10-2)22-14-16-24-26(20-22)33(28(3,4)5,29(6,7)8)27-21-23(15-17-25(27)30-24)32-18-12-11-13-19-32/h14-17,20-21H,9-13,18-19H2,1-8H3/q+1. The highest BCUT2D eigenvalue weighted by Gasteiger charge is 2.60. The van der Waals surface area contributed by atoms with E-state index in [0.717, 1.165) is 13.1 Å². The second-order valence-corrected chi connectivity index (χ2v) is 17.6. The third-order valence-corrected chi connectivity index (χ3v) is 15.0. The largest absolute Gasteiger partial charge is 0.372 e. The van der Waals surface area contributed by atoms with E-state index >= 15 is 0 Å². The van der Waals surface area contributed by atoms with E-state index in [4.69, 9.17) is 4.99 Å². The van der Waals surface area contributed by atoms with Crippen LogP contribution in [0.25, 0.3) is 0 Å². The lowest BCUT2D eigenvalue weighted by atomic mass is 10.1. The summed E-state index contributed by atoms with van der Waals surface area (Å²) in [4.78, 5) is 7.74. The molecule has 178 valence electrons.